The van der Waals surface area contributed by atoms with Crippen molar-refractivity contribution in [3.63, 3.8) is 0 Å². The van der Waals surface area contributed by atoms with E-state index in [0.29, 0.717) is 0 Å². The molecule has 0 aliphatic rings. The molecule has 0 aliphatic carbocycles. The van der Waals surface area contributed by atoms with E-state index in [4.69, 9.17) is 5.53 Å². The van der Waals surface area contributed by atoms with Gasteiger partial charge in [-0.15, -0.1) is 11.3 Å². The second-order valence-electron chi connectivity index (χ2n) is 4.17. The molecule has 0 bridgehead atoms. The second kappa shape index (κ2) is 8.11. The summed E-state index contributed by atoms with van der Waals surface area (Å²) >= 11 is 1.46. The van der Waals surface area contributed by atoms with Gasteiger partial charge in [0.1, 0.15) is 6.10 Å². The standard InChI is InChI=1S/C12H19N3O2S/c1-2-3-4-9-6-8-18-12(9)11(17)10(16)5-7-14-15-13/h6,8,10-11,16-17H,2-5,7H2,1H3. The molecule has 1 aromatic rings. The quantitative estimate of drug-likeness (QED) is 0.431. The SMILES string of the molecule is CCCCc1ccsc1C(O)C(O)CCN=[N+]=[N-]. The molecule has 0 fully saturated rings. The number of hydrogen-bond donors (Lipinski definition) is 2. The van der Waals surface area contributed by atoms with Crippen LogP contribution in [0.25, 0.3) is 10.4 Å². The molecule has 1 aromatic heterocycles. The van der Waals surface area contributed by atoms with E-state index in [1.165, 1.54) is 11.3 Å². The highest BCUT2D eigenvalue weighted by Crippen LogP contribution is 2.29. The van der Waals surface area contributed by atoms with Crippen molar-refractivity contribution in [2.45, 2.75) is 44.8 Å². The lowest BCUT2D eigenvalue weighted by atomic mass is 10.0. The van der Waals surface area contributed by atoms with Gasteiger partial charge >= 0.3 is 0 Å². The molecule has 2 N–H and O–H groups in total. The van der Waals surface area contributed by atoms with Crippen molar-refractivity contribution in [2.24, 2.45) is 5.11 Å². The minimum absolute atomic E-state index is 0.199. The summed E-state index contributed by atoms with van der Waals surface area (Å²) < 4.78 is 0. The highest BCUT2D eigenvalue weighted by atomic mass is 32.1. The Morgan fingerprint density at radius 3 is 2.94 bits per heavy atom. The molecule has 1 rings (SSSR count). The molecule has 2 atom stereocenters. The topological polar surface area (TPSA) is 89.2 Å². The van der Waals surface area contributed by atoms with Gasteiger partial charge in [0.2, 0.25) is 0 Å². The summed E-state index contributed by atoms with van der Waals surface area (Å²) in [5.74, 6) is 0. The van der Waals surface area contributed by atoms with Gasteiger partial charge in [-0.1, -0.05) is 18.5 Å². The molecule has 0 amide bonds. The van der Waals surface area contributed by atoms with Crippen LogP contribution in [0.2, 0.25) is 0 Å². The predicted octanol–water partition coefficient (Wildman–Crippen LogP) is 3.19. The summed E-state index contributed by atoms with van der Waals surface area (Å²) in [6.07, 6.45) is 1.61. The molecule has 100 valence electrons. The summed E-state index contributed by atoms with van der Waals surface area (Å²) in [6.45, 7) is 2.32. The van der Waals surface area contributed by atoms with Gasteiger partial charge in [0.25, 0.3) is 0 Å². The molecule has 1 heterocycles. The van der Waals surface area contributed by atoms with Crippen LogP contribution in [0.1, 0.15) is 42.7 Å². The molecule has 0 saturated carbocycles. The molecule has 0 saturated heterocycles. The number of rotatable bonds is 8. The zero-order chi connectivity index (χ0) is 13.4. The Labute approximate surface area is 111 Å². The highest BCUT2D eigenvalue weighted by Gasteiger charge is 2.21. The molecular weight excluding hydrogens is 250 g/mol. The van der Waals surface area contributed by atoms with Crippen molar-refractivity contribution in [1.82, 2.24) is 0 Å². The summed E-state index contributed by atoms with van der Waals surface area (Å²) in [6, 6.07) is 2.00. The maximum absolute atomic E-state index is 10.1. The van der Waals surface area contributed by atoms with Crippen LogP contribution in [-0.4, -0.2) is 22.9 Å². The monoisotopic (exact) mass is 269 g/mol. The number of aliphatic hydroxyl groups is 2. The molecule has 0 aliphatic heterocycles. The van der Waals surface area contributed by atoms with Crippen LogP contribution in [0, 0.1) is 0 Å². The van der Waals surface area contributed by atoms with E-state index < -0.39 is 12.2 Å². The molecule has 0 aromatic carbocycles. The fraction of sp³-hybridized carbons (Fsp3) is 0.667. The third-order valence-corrected chi connectivity index (χ3v) is 3.83. The first-order valence-electron chi connectivity index (χ1n) is 6.14. The lowest BCUT2D eigenvalue weighted by Crippen LogP contribution is -2.19. The van der Waals surface area contributed by atoms with Gasteiger partial charge in [-0.25, -0.2) is 0 Å². The smallest absolute Gasteiger partial charge is 0.114 e. The fourth-order valence-electron chi connectivity index (χ4n) is 1.75. The average Bonchev–Trinajstić information content (AvgIpc) is 2.83. The Morgan fingerprint density at radius 2 is 2.28 bits per heavy atom. The van der Waals surface area contributed by atoms with Gasteiger partial charge in [0.15, 0.2) is 0 Å². The molecule has 6 heteroatoms. The van der Waals surface area contributed by atoms with Gasteiger partial charge in [0, 0.05) is 16.3 Å². The van der Waals surface area contributed by atoms with Crippen molar-refractivity contribution in [1.29, 1.82) is 0 Å². The molecule has 18 heavy (non-hydrogen) atoms. The number of hydrogen-bond acceptors (Lipinski definition) is 4. The van der Waals surface area contributed by atoms with Gasteiger partial charge in [-0.3, -0.25) is 0 Å². The molecule has 0 spiro atoms. The number of nitrogens with zero attached hydrogens (tertiary/aromatic N) is 3. The first-order chi connectivity index (χ1) is 8.70. The van der Waals surface area contributed by atoms with E-state index in [1.54, 1.807) is 0 Å². The van der Waals surface area contributed by atoms with Crippen LogP contribution < -0.4 is 0 Å². The van der Waals surface area contributed by atoms with Crippen LogP contribution >= 0.6 is 11.3 Å². The van der Waals surface area contributed by atoms with Crippen LogP contribution in [0.4, 0.5) is 0 Å². The van der Waals surface area contributed by atoms with Gasteiger partial charge in [-0.2, -0.15) is 0 Å². The zero-order valence-electron chi connectivity index (χ0n) is 10.5. The number of aliphatic hydroxyl groups excluding tert-OH is 2. The normalized spacial score (nSPS) is 13.9. The molecular formula is C12H19N3O2S. The predicted molar refractivity (Wildman–Crippen MR) is 72.5 cm³/mol. The number of thiophene rings is 1. The fourth-order valence-corrected chi connectivity index (χ4v) is 2.74. The van der Waals surface area contributed by atoms with E-state index in [2.05, 4.69) is 16.9 Å². The summed E-state index contributed by atoms with van der Waals surface area (Å²) in [4.78, 5) is 3.45. The Balaban J connectivity index is 2.61. The van der Waals surface area contributed by atoms with E-state index in [9.17, 15) is 10.2 Å². The van der Waals surface area contributed by atoms with E-state index in [1.807, 2.05) is 11.4 Å². The number of aryl methyl sites for hydroxylation is 1. The molecule has 5 nitrogen and oxygen atoms in total. The van der Waals surface area contributed by atoms with Crippen LogP contribution in [0.3, 0.4) is 0 Å². The minimum Gasteiger partial charge on any atom is -0.390 e. The lowest BCUT2D eigenvalue weighted by Gasteiger charge is -2.17. The van der Waals surface area contributed by atoms with Crippen LogP contribution in [0.15, 0.2) is 16.6 Å². The van der Waals surface area contributed by atoms with E-state index >= 15 is 0 Å². The average molecular weight is 269 g/mol. The zero-order valence-corrected chi connectivity index (χ0v) is 11.3. The van der Waals surface area contributed by atoms with Crippen molar-refractivity contribution >= 4 is 11.3 Å². The lowest BCUT2D eigenvalue weighted by molar-refractivity contribution is 0.0167. The van der Waals surface area contributed by atoms with Gasteiger partial charge in [0.05, 0.1) is 6.10 Å². The Morgan fingerprint density at radius 1 is 1.50 bits per heavy atom. The Hall–Kier alpha value is -1.07. The first-order valence-corrected chi connectivity index (χ1v) is 7.02. The Kier molecular flexibility index (Phi) is 6.75. The largest absolute Gasteiger partial charge is 0.390 e. The third-order valence-electron chi connectivity index (χ3n) is 2.80. The molecule has 0 radical (unpaired) electrons. The minimum atomic E-state index is -0.884. The van der Waals surface area contributed by atoms with Crippen LogP contribution in [-0.2, 0) is 6.42 Å². The summed E-state index contributed by atoms with van der Waals surface area (Å²) in [5, 5.41) is 25.2. The van der Waals surface area contributed by atoms with Crippen molar-refractivity contribution in [2.75, 3.05) is 6.54 Å². The summed E-state index contributed by atoms with van der Waals surface area (Å²) in [5.41, 5.74) is 9.27. The third kappa shape index (κ3) is 4.31. The van der Waals surface area contributed by atoms with E-state index in [-0.39, 0.29) is 13.0 Å². The highest BCUT2D eigenvalue weighted by molar-refractivity contribution is 7.10. The van der Waals surface area contributed by atoms with E-state index in [0.717, 1.165) is 29.7 Å². The van der Waals surface area contributed by atoms with Gasteiger partial charge < -0.3 is 10.2 Å². The summed E-state index contributed by atoms with van der Waals surface area (Å²) in [7, 11) is 0. The number of unbranched alkanes of at least 4 members (excludes halogenated alkanes) is 1. The maximum Gasteiger partial charge on any atom is 0.114 e. The van der Waals surface area contributed by atoms with Crippen molar-refractivity contribution in [3.05, 3.63) is 32.3 Å². The number of azide groups is 1. The van der Waals surface area contributed by atoms with Crippen LogP contribution in [0.5, 0.6) is 0 Å². The van der Waals surface area contributed by atoms with Gasteiger partial charge in [-0.05, 0) is 41.8 Å². The molecule has 2 unspecified atom stereocenters. The maximum atomic E-state index is 10.1. The first kappa shape index (κ1) is 15.0. The van der Waals surface area contributed by atoms with Crippen molar-refractivity contribution in [3.8, 4) is 0 Å². The Bertz CT molecular complexity index is 402. The second-order valence-corrected chi connectivity index (χ2v) is 5.12. The van der Waals surface area contributed by atoms with Crippen molar-refractivity contribution < 1.29 is 10.2 Å².